The van der Waals surface area contributed by atoms with Crippen LogP contribution in [0, 0.1) is 40.4 Å². The fourth-order valence-electron chi connectivity index (χ4n) is 8.31. The van der Waals surface area contributed by atoms with Gasteiger partial charge in [-0.15, -0.1) is 0 Å². The van der Waals surface area contributed by atoms with Crippen LogP contribution in [0.1, 0.15) is 58.3 Å². The van der Waals surface area contributed by atoms with Gasteiger partial charge in [-0.2, -0.15) is 0 Å². The molecule has 7 heteroatoms. The minimum atomic E-state index is -0.616. The number of fused-ring (bicyclic) bond motifs is 5. The van der Waals surface area contributed by atoms with E-state index in [1.807, 2.05) is 0 Å². The molecule has 0 spiro atoms. The first-order valence-electron chi connectivity index (χ1n) is 12.3. The molecule has 0 aromatic heterocycles. The van der Waals surface area contributed by atoms with Crippen LogP contribution < -0.4 is 5.32 Å². The first-order valence-corrected chi connectivity index (χ1v) is 12.3. The van der Waals surface area contributed by atoms with Gasteiger partial charge in [-0.05, 0) is 75.7 Å². The molecule has 7 nitrogen and oxygen atoms in total. The van der Waals surface area contributed by atoms with Crippen molar-refractivity contribution >= 4 is 11.5 Å². The van der Waals surface area contributed by atoms with Crippen LogP contribution in [0.25, 0.3) is 0 Å². The Balaban J connectivity index is 1.44. The summed E-state index contributed by atoms with van der Waals surface area (Å²) in [5.74, 6) is 0.750. The van der Waals surface area contributed by atoms with Gasteiger partial charge in [0.15, 0.2) is 0 Å². The minimum absolute atomic E-state index is 0.000103. The topological polar surface area (TPSA) is 116 Å². The summed E-state index contributed by atoms with van der Waals surface area (Å²) in [5.41, 5.74) is 0.457. The van der Waals surface area contributed by atoms with Crippen molar-refractivity contribution < 1.29 is 25.0 Å². The van der Waals surface area contributed by atoms with Crippen LogP contribution in [0.3, 0.4) is 0 Å². The maximum absolute atomic E-state index is 11.5. The van der Waals surface area contributed by atoms with Gasteiger partial charge in [-0.3, -0.25) is 4.79 Å². The maximum Gasteiger partial charge on any atom is 0.299 e. The second-order valence-electron chi connectivity index (χ2n) is 11.1. The average Bonchev–Trinajstić information content (AvgIpc) is 3.40. The molecule has 0 aromatic rings. The fourth-order valence-corrected chi connectivity index (χ4v) is 8.31. The third-order valence-electron chi connectivity index (χ3n) is 10.1. The lowest BCUT2D eigenvalue weighted by Crippen LogP contribution is -2.64. The minimum Gasteiger partial charge on any atom is -0.396 e. The predicted octanol–water partition coefficient (Wildman–Crippen LogP) is 1.47. The fraction of sp³-hybridized carbons (Fsp3) is 0.917. The quantitative estimate of drug-likeness (QED) is 0.394. The molecular weight excluding hydrogens is 396 g/mol. The monoisotopic (exact) mass is 435 g/mol. The molecule has 31 heavy (non-hydrogen) atoms. The van der Waals surface area contributed by atoms with Crippen LogP contribution in [0.5, 0.6) is 0 Å². The number of carbonyl (C=O) groups excluding carboxylic acids is 1. The largest absolute Gasteiger partial charge is 0.396 e. The van der Waals surface area contributed by atoms with Crippen molar-refractivity contribution in [3.8, 4) is 0 Å². The van der Waals surface area contributed by atoms with E-state index in [0.717, 1.165) is 57.3 Å². The van der Waals surface area contributed by atoms with Crippen LogP contribution in [0.15, 0.2) is 5.16 Å². The lowest BCUT2D eigenvalue weighted by Gasteiger charge is -2.63. The lowest BCUT2D eigenvalue weighted by molar-refractivity contribution is -0.201. The van der Waals surface area contributed by atoms with E-state index in [9.17, 15) is 20.1 Å². The number of nitrogens with zero attached hydrogens (tertiary/aromatic N) is 1. The molecule has 5 aliphatic rings. The van der Waals surface area contributed by atoms with Crippen LogP contribution in [0.4, 0.5) is 0 Å². The first-order chi connectivity index (χ1) is 14.9. The zero-order valence-electron chi connectivity index (χ0n) is 18.7. The molecule has 5 rings (SSSR count). The molecule has 0 bridgehead atoms. The third kappa shape index (κ3) is 3.22. The van der Waals surface area contributed by atoms with Crippen molar-refractivity contribution in [3.63, 3.8) is 0 Å². The average molecular weight is 436 g/mol. The second-order valence-corrected chi connectivity index (χ2v) is 11.1. The zero-order valence-corrected chi connectivity index (χ0v) is 18.7. The smallest absolute Gasteiger partial charge is 0.299 e. The van der Waals surface area contributed by atoms with Crippen LogP contribution in [-0.2, 0) is 4.84 Å². The molecule has 1 aliphatic heterocycles. The van der Waals surface area contributed by atoms with E-state index in [-0.39, 0.29) is 59.7 Å². The summed E-state index contributed by atoms with van der Waals surface area (Å²) in [7, 11) is 0. The van der Waals surface area contributed by atoms with Crippen molar-refractivity contribution in [2.24, 2.45) is 45.6 Å². The summed E-state index contributed by atoms with van der Waals surface area (Å²) < 4.78 is 0. The van der Waals surface area contributed by atoms with Gasteiger partial charge in [0.05, 0.1) is 23.7 Å². The Morgan fingerprint density at radius 2 is 1.97 bits per heavy atom. The van der Waals surface area contributed by atoms with E-state index in [4.69, 9.17) is 4.84 Å². The van der Waals surface area contributed by atoms with Gasteiger partial charge in [-0.25, -0.2) is 0 Å². The van der Waals surface area contributed by atoms with Gasteiger partial charge < -0.3 is 25.5 Å². The Morgan fingerprint density at radius 1 is 1.13 bits per heavy atom. The summed E-state index contributed by atoms with van der Waals surface area (Å²) in [6, 6.07) is 0. The van der Waals surface area contributed by atoms with Gasteiger partial charge in [0.25, 0.3) is 5.78 Å². The number of nitrogens with one attached hydrogen (secondary N) is 1. The number of ketones is 1. The van der Waals surface area contributed by atoms with Crippen molar-refractivity contribution in [1.29, 1.82) is 0 Å². The van der Waals surface area contributed by atoms with Crippen molar-refractivity contribution in [1.82, 2.24) is 5.32 Å². The van der Waals surface area contributed by atoms with Crippen molar-refractivity contribution in [2.75, 3.05) is 26.3 Å². The summed E-state index contributed by atoms with van der Waals surface area (Å²) in [6.07, 6.45) is 6.18. The summed E-state index contributed by atoms with van der Waals surface area (Å²) in [4.78, 5) is 16.4. The van der Waals surface area contributed by atoms with E-state index in [2.05, 4.69) is 17.4 Å². The molecule has 0 radical (unpaired) electrons. The van der Waals surface area contributed by atoms with Gasteiger partial charge in [0.2, 0.25) is 0 Å². The summed E-state index contributed by atoms with van der Waals surface area (Å²) in [5, 5.41) is 40.4. The third-order valence-corrected chi connectivity index (χ3v) is 10.1. The molecule has 9 atom stereocenters. The van der Waals surface area contributed by atoms with Crippen LogP contribution >= 0.6 is 0 Å². The summed E-state index contributed by atoms with van der Waals surface area (Å²) in [6.45, 7) is 3.93. The van der Waals surface area contributed by atoms with E-state index >= 15 is 0 Å². The maximum atomic E-state index is 11.5. The molecule has 5 N–H and O–H groups in total. The molecule has 5 unspecified atom stereocenters. The first kappa shape index (κ1) is 21.8. The molecular formula is C24H39N2O5+. The highest BCUT2D eigenvalue weighted by atomic mass is 16.6. The zero-order chi connectivity index (χ0) is 21.8. The number of aliphatic hydroxyl groups is 3. The molecule has 4 aliphatic carbocycles. The van der Waals surface area contributed by atoms with E-state index in [1.165, 1.54) is 0 Å². The van der Waals surface area contributed by atoms with E-state index < -0.39 is 6.10 Å². The summed E-state index contributed by atoms with van der Waals surface area (Å²) >= 11 is 0. The standard InChI is InChI=1S/C24H38N2O5/c1-23-7-5-18-21(17(23)2-3-20(23)29)22(30)16(12-27)19-10-14(4-8-24(18,19)13-28)26-31-15-6-9-25-11-15/h15-19,21-22,25,27-28,30H,2-13H2,1H3/p+1/b26-14-/t15?,16-,17?,18?,19?,21?,22-,23+,24+/m1/s1. The Bertz CT molecular complexity index is 737. The number of rotatable bonds is 4. The molecule has 1 heterocycles. The van der Waals surface area contributed by atoms with E-state index in [0.29, 0.717) is 18.6 Å². The van der Waals surface area contributed by atoms with Crippen LogP contribution in [0.2, 0.25) is 0 Å². The number of hydrogen-bond donors (Lipinski definition) is 4. The Kier molecular flexibility index (Phi) is 5.69. The second kappa shape index (κ2) is 8.08. The van der Waals surface area contributed by atoms with Crippen molar-refractivity contribution in [2.45, 2.75) is 70.5 Å². The molecule has 174 valence electrons. The van der Waals surface area contributed by atoms with Crippen LogP contribution in [-0.4, -0.2) is 70.1 Å². The van der Waals surface area contributed by atoms with Gasteiger partial charge >= 0.3 is 0 Å². The van der Waals surface area contributed by atoms with Crippen molar-refractivity contribution in [3.05, 3.63) is 0 Å². The molecule has 0 aromatic carbocycles. The highest BCUT2D eigenvalue weighted by Crippen LogP contribution is 2.66. The molecule has 1 saturated heterocycles. The number of aliphatic hydroxyl groups excluding tert-OH is 3. The van der Waals surface area contributed by atoms with E-state index in [1.54, 1.807) is 0 Å². The lowest BCUT2D eigenvalue weighted by atomic mass is 9.42. The Morgan fingerprint density at radius 3 is 2.68 bits per heavy atom. The van der Waals surface area contributed by atoms with Gasteiger partial charge in [-0.1, -0.05) is 5.16 Å². The Labute approximate surface area is 184 Å². The molecule has 0 amide bonds. The number of oxime groups is 1. The molecule has 4 saturated carbocycles. The highest BCUT2D eigenvalue weighted by molar-refractivity contribution is 5.88. The van der Waals surface area contributed by atoms with Gasteiger partial charge in [0.1, 0.15) is 6.10 Å². The number of hydrogen-bond acceptors (Lipinski definition) is 6. The Hall–Kier alpha value is -1.02. The van der Waals surface area contributed by atoms with Gasteiger partial charge in [0, 0.05) is 37.5 Å². The predicted molar refractivity (Wildman–Crippen MR) is 117 cm³/mol. The SMILES string of the molecule is C[C@]12CCC3C(C1CCC2=[OH+])[C@H](O)[C@H](CO)C1C/C(=N\OC2CCNC2)CC[C@]31CO. The highest BCUT2D eigenvalue weighted by Gasteiger charge is 2.67. The normalized spacial score (nSPS) is 50.8. The molecule has 5 fully saturated rings.